The minimum Gasteiger partial charge on any atom is -0.496 e. The average molecular weight is 388 g/mol. The number of nitrogens with zero attached hydrogens (tertiary/aromatic N) is 1. The predicted molar refractivity (Wildman–Crippen MR) is 109 cm³/mol. The first-order chi connectivity index (χ1) is 12.6. The summed E-state index contributed by atoms with van der Waals surface area (Å²) < 4.78 is 15.8. The number of rotatable bonds is 7. The molecule has 0 spiro atoms. The Labute approximate surface area is 163 Å². The number of methoxy groups -OCH3 is 1. The van der Waals surface area contributed by atoms with E-state index in [1.165, 1.54) is 22.7 Å². The van der Waals surface area contributed by atoms with E-state index in [-0.39, 0.29) is 0 Å². The molecule has 0 fully saturated rings. The third-order valence-electron chi connectivity index (χ3n) is 4.29. The summed E-state index contributed by atoms with van der Waals surface area (Å²) in [4.78, 5) is 1.06. The van der Waals surface area contributed by atoms with E-state index >= 15 is 0 Å². The molecule has 0 unspecified atom stereocenters. The molecule has 0 saturated carbocycles. The van der Waals surface area contributed by atoms with Crippen LogP contribution in [0.5, 0.6) is 11.5 Å². The number of aromatic nitrogens is 1. The van der Waals surface area contributed by atoms with E-state index in [2.05, 4.69) is 36.4 Å². The number of hydrogen-bond acceptors (Lipinski definition) is 4. The summed E-state index contributed by atoms with van der Waals surface area (Å²) in [6.07, 6.45) is 2.06. The Balaban J connectivity index is 1.83. The molecule has 0 aliphatic carbocycles. The van der Waals surface area contributed by atoms with Gasteiger partial charge in [-0.05, 0) is 47.6 Å². The zero-order valence-corrected chi connectivity index (χ0v) is 16.8. The Bertz CT molecular complexity index is 891. The van der Waals surface area contributed by atoms with Crippen molar-refractivity contribution in [2.75, 3.05) is 7.11 Å². The predicted octanol–water partition coefficient (Wildman–Crippen LogP) is 6.31. The van der Waals surface area contributed by atoms with Gasteiger partial charge in [0.25, 0.3) is 0 Å². The van der Waals surface area contributed by atoms with Gasteiger partial charge in [-0.3, -0.25) is 0 Å². The van der Waals surface area contributed by atoms with Crippen molar-refractivity contribution in [1.82, 2.24) is 4.37 Å². The second kappa shape index (κ2) is 8.56. The van der Waals surface area contributed by atoms with Crippen LogP contribution in [0, 0.1) is 6.92 Å². The third-order valence-corrected chi connectivity index (χ3v) is 5.63. The molecule has 0 bridgehead atoms. The first kappa shape index (κ1) is 18.7. The van der Waals surface area contributed by atoms with Gasteiger partial charge in [-0.2, -0.15) is 4.37 Å². The summed E-state index contributed by atoms with van der Waals surface area (Å²) >= 11 is 7.74. The lowest BCUT2D eigenvalue weighted by molar-refractivity contribution is 0.304. The zero-order valence-electron chi connectivity index (χ0n) is 15.2. The Kier molecular flexibility index (Phi) is 6.17. The van der Waals surface area contributed by atoms with E-state index in [4.69, 9.17) is 21.1 Å². The monoisotopic (exact) mass is 387 g/mol. The van der Waals surface area contributed by atoms with E-state index in [9.17, 15) is 0 Å². The van der Waals surface area contributed by atoms with Crippen LogP contribution in [0.2, 0.25) is 5.15 Å². The van der Waals surface area contributed by atoms with Crippen LogP contribution in [0.15, 0.2) is 42.5 Å². The highest BCUT2D eigenvalue weighted by Crippen LogP contribution is 2.36. The van der Waals surface area contributed by atoms with Gasteiger partial charge in [0.1, 0.15) is 23.3 Å². The minimum atomic E-state index is 0.370. The van der Waals surface area contributed by atoms with Gasteiger partial charge in [0.15, 0.2) is 0 Å². The lowest BCUT2D eigenvalue weighted by atomic mass is 10.1. The van der Waals surface area contributed by atoms with Crippen molar-refractivity contribution in [2.45, 2.75) is 33.3 Å². The fourth-order valence-corrected chi connectivity index (χ4v) is 4.08. The van der Waals surface area contributed by atoms with Crippen molar-refractivity contribution in [3.05, 3.63) is 64.3 Å². The van der Waals surface area contributed by atoms with E-state index in [0.29, 0.717) is 11.8 Å². The third kappa shape index (κ3) is 4.02. The second-order valence-electron chi connectivity index (χ2n) is 6.11. The van der Waals surface area contributed by atoms with Crippen LogP contribution in [0.1, 0.15) is 30.0 Å². The average Bonchev–Trinajstić information content (AvgIpc) is 3.02. The van der Waals surface area contributed by atoms with Gasteiger partial charge in [0.2, 0.25) is 0 Å². The molecule has 3 rings (SSSR count). The normalized spacial score (nSPS) is 10.8. The number of ether oxygens (including phenoxy) is 2. The summed E-state index contributed by atoms with van der Waals surface area (Å²) in [7, 11) is 1.69. The molecule has 3 nitrogen and oxygen atoms in total. The Hall–Kier alpha value is -2.04. The van der Waals surface area contributed by atoms with Crippen LogP contribution in [-0.4, -0.2) is 11.5 Å². The molecule has 0 saturated heterocycles. The molecule has 0 aliphatic heterocycles. The van der Waals surface area contributed by atoms with Gasteiger partial charge in [0.05, 0.1) is 12.0 Å². The molecule has 0 aliphatic rings. The molecule has 1 aromatic heterocycles. The molecule has 0 radical (unpaired) electrons. The van der Waals surface area contributed by atoms with Gasteiger partial charge < -0.3 is 9.47 Å². The first-order valence-corrected chi connectivity index (χ1v) is 9.79. The Morgan fingerprint density at radius 3 is 2.69 bits per heavy atom. The fourth-order valence-electron chi connectivity index (χ4n) is 2.90. The summed E-state index contributed by atoms with van der Waals surface area (Å²) in [6.45, 7) is 4.61. The number of hydrogen-bond donors (Lipinski definition) is 0. The fraction of sp³-hybridized carbons (Fsp3) is 0.286. The van der Waals surface area contributed by atoms with Crippen LogP contribution in [-0.2, 0) is 13.0 Å². The number of aryl methyl sites for hydroxylation is 2. The molecule has 136 valence electrons. The molecule has 0 N–H and O–H groups in total. The molecular weight excluding hydrogens is 366 g/mol. The quantitative estimate of drug-likeness (QED) is 0.475. The highest BCUT2D eigenvalue weighted by Gasteiger charge is 2.16. The van der Waals surface area contributed by atoms with Crippen molar-refractivity contribution in [3.8, 4) is 21.9 Å². The van der Waals surface area contributed by atoms with Crippen LogP contribution < -0.4 is 9.47 Å². The highest BCUT2D eigenvalue weighted by molar-refractivity contribution is 7.10. The maximum absolute atomic E-state index is 6.33. The number of halogens is 1. The molecular formula is C21H22ClNO2S. The van der Waals surface area contributed by atoms with E-state index in [1.807, 2.05) is 24.3 Å². The number of benzene rings is 2. The van der Waals surface area contributed by atoms with Gasteiger partial charge in [-0.25, -0.2) is 0 Å². The minimum absolute atomic E-state index is 0.370. The van der Waals surface area contributed by atoms with Gasteiger partial charge >= 0.3 is 0 Å². The van der Waals surface area contributed by atoms with Gasteiger partial charge in [-0.15, -0.1) is 0 Å². The smallest absolute Gasteiger partial charge is 0.150 e. The van der Waals surface area contributed by atoms with Crippen molar-refractivity contribution < 1.29 is 9.47 Å². The zero-order chi connectivity index (χ0) is 18.5. The molecule has 26 heavy (non-hydrogen) atoms. The summed E-state index contributed by atoms with van der Waals surface area (Å²) in [6, 6.07) is 14.2. The summed E-state index contributed by atoms with van der Waals surface area (Å²) in [5.74, 6) is 1.62. The Morgan fingerprint density at radius 1 is 1.15 bits per heavy atom. The van der Waals surface area contributed by atoms with Crippen LogP contribution >= 0.6 is 23.1 Å². The van der Waals surface area contributed by atoms with Gasteiger partial charge in [-0.1, -0.05) is 55.3 Å². The highest BCUT2D eigenvalue weighted by atomic mass is 35.5. The molecule has 5 heteroatoms. The van der Waals surface area contributed by atoms with Crippen molar-refractivity contribution >= 4 is 23.1 Å². The van der Waals surface area contributed by atoms with E-state index < -0.39 is 0 Å². The maximum Gasteiger partial charge on any atom is 0.150 e. The van der Waals surface area contributed by atoms with Crippen LogP contribution in [0.25, 0.3) is 10.4 Å². The van der Waals surface area contributed by atoms with Crippen LogP contribution in [0.3, 0.4) is 0 Å². The molecule has 3 aromatic rings. The largest absolute Gasteiger partial charge is 0.496 e. The molecule has 0 atom stereocenters. The van der Waals surface area contributed by atoms with E-state index in [0.717, 1.165) is 40.3 Å². The molecule has 1 heterocycles. The first-order valence-electron chi connectivity index (χ1n) is 8.63. The lowest BCUT2D eigenvalue weighted by Gasteiger charge is -2.12. The van der Waals surface area contributed by atoms with E-state index in [1.54, 1.807) is 7.11 Å². The van der Waals surface area contributed by atoms with Gasteiger partial charge in [0, 0.05) is 11.6 Å². The van der Waals surface area contributed by atoms with Crippen molar-refractivity contribution in [1.29, 1.82) is 0 Å². The Morgan fingerprint density at radius 2 is 1.96 bits per heavy atom. The molecule has 2 aromatic carbocycles. The second-order valence-corrected chi connectivity index (χ2v) is 7.24. The van der Waals surface area contributed by atoms with Crippen LogP contribution in [0.4, 0.5) is 0 Å². The van der Waals surface area contributed by atoms with Crippen molar-refractivity contribution in [3.63, 3.8) is 0 Å². The van der Waals surface area contributed by atoms with Crippen molar-refractivity contribution in [2.24, 2.45) is 0 Å². The summed E-state index contributed by atoms with van der Waals surface area (Å²) in [5.41, 5.74) is 4.45. The maximum atomic E-state index is 6.33. The topological polar surface area (TPSA) is 31.4 Å². The SMILES string of the molecule is CCCc1ccc(OCc2c(Cl)nsc2-c2ccccc2C)cc1OC. The summed E-state index contributed by atoms with van der Waals surface area (Å²) in [5, 5.41) is 0.503. The standard InChI is InChI=1S/C21H22ClNO2S/c1-4-7-15-10-11-16(12-19(15)24-3)25-13-18-20(26-23-21(18)22)17-9-6-5-8-14(17)2/h5-6,8-12H,4,7,13H2,1-3H3. The lowest BCUT2D eigenvalue weighted by Crippen LogP contribution is -1.99. The molecule has 0 amide bonds.